The predicted octanol–water partition coefficient (Wildman–Crippen LogP) is 1.41. The summed E-state index contributed by atoms with van der Waals surface area (Å²) in [5.41, 5.74) is -0.0373. The van der Waals surface area contributed by atoms with E-state index >= 15 is 0 Å². The van der Waals surface area contributed by atoms with Gasteiger partial charge in [0.1, 0.15) is 11.3 Å². The van der Waals surface area contributed by atoms with E-state index in [0.717, 1.165) is 11.3 Å². The first-order chi connectivity index (χ1) is 9.58. The lowest BCUT2D eigenvalue weighted by Gasteiger charge is -2.40. The maximum atomic E-state index is 11.8. The minimum absolute atomic E-state index is 0.409. The molecule has 0 saturated carbocycles. The maximum Gasteiger partial charge on any atom is 0.324 e. The van der Waals surface area contributed by atoms with E-state index in [1.807, 2.05) is 29.2 Å². The number of nitrogens with zero attached hydrogens (tertiary/aromatic N) is 1. The molecule has 0 radical (unpaired) electrons. The zero-order valence-electron chi connectivity index (χ0n) is 12.0. The highest BCUT2D eigenvalue weighted by Crippen LogP contribution is 2.27. The van der Waals surface area contributed by atoms with E-state index in [2.05, 4.69) is 0 Å². The lowest BCUT2D eigenvalue weighted by Crippen LogP contribution is -2.57. The van der Waals surface area contributed by atoms with Gasteiger partial charge in [0.25, 0.3) is 0 Å². The van der Waals surface area contributed by atoms with Crippen molar-refractivity contribution in [3.8, 4) is 5.75 Å². The van der Waals surface area contributed by atoms with Crippen LogP contribution >= 0.6 is 0 Å². The van der Waals surface area contributed by atoms with E-state index in [9.17, 15) is 9.90 Å². The van der Waals surface area contributed by atoms with E-state index in [4.69, 9.17) is 9.47 Å². The molecule has 5 heteroatoms. The standard InChI is InChI=1S/C15H21NO4/c1-15(14(17)18,16-7-9-20-10-8-16)11-12-5-3-4-6-13(12)19-2/h3-6H,7-11H2,1-2H3,(H,17,18). The van der Waals surface area contributed by atoms with Gasteiger partial charge in [-0.3, -0.25) is 9.69 Å². The molecule has 1 atom stereocenters. The van der Waals surface area contributed by atoms with Crippen molar-refractivity contribution in [1.82, 2.24) is 4.90 Å². The summed E-state index contributed by atoms with van der Waals surface area (Å²) in [4.78, 5) is 13.8. The minimum Gasteiger partial charge on any atom is -0.496 e. The Labute approximate surface area is 119 Å². The predicted molar refractivity (Wildman–Crippen MR) is 75.1 cm³/mol. The monoisotopic (exact) mass is 279 g/mol. The average Bonchev–Trinajstić information content (AvgIpc) is 2.48. The zero-order valence-corrected chi connectivity index (χ0v) is 12.0. The van der Waals surface area contributed by atoms with Crippen LogP contribution in [0.15, 0.2) is 24.3 Å². The van der Waals surface area contributed by atoms with Crippen molar-refractivity contribution < 1.29 is 19.4 Å². The fraction of sp³-hybridized carbons (Fsp3) is 0.533. The molecule has 1 aliphatic heterocycles. The van der Waals surface area contributed by atoms with Crippen molar-refractivity contribution in [2.75, 3.05) is 33.4 Å². The number of carbonyl (C=O) groups is 1. The fourth-order valence-electron chi connectivity index (χ4n) is 2.60. The number of ether oxygens (including phenoxy) is 2. The van der Waals surface area contributed by atoms with Gasteiger partial charge in [0, 0.05) is 19.5 Å². The molecular formula is C15H21NO4. The van der Waals surface area contributed by atoms with E-state index in [0.29, 0.717) is 32.7 Å². The van der Waals surface area contributed by atoms with Gasteiger partial charge in [-0.2, -0.15) is 0 Å². The molecule has 5 nitrogen and oxygen atoms in total. The van der Waals surface area contributed by atoms with Gasteiger partial charge in [-0.05, 0) is 18.6 Å². The first-order valence-corrected chi connectivity index (χ1v) is 6.76. The number of aliphatic carboxylic acids is 1. The largest absolute Gasteiger partial charge is 0.496 e. The Balaban J connectivity index is 2.26. The molecule has 1 unspecified atom stereocenters. The molecule has 0 amide bonds. The Morgan fingerprint density at radius 2 is 2.05 bits per heavy atom. The molecule has 1 fully saturated rings. The van der Waals surface area contributed by atoms with Crippen LogP contribution in [-0.4, -0.2) is 54.9 Å². The average molecular weight is 279 g/mol. The van der Waals surface area contributed by atoms with E-state index in [-0.39, 0.29) is 0 Å². The van der Waals surface area contributed by atoms with Crippen LogP contribution in [-0.2, 0) is 16.0 Å². The molecule has 2 rings (SSSR count). The molecule has 20 heavy (non-hydrogen) atoms. The Bertz CT molecular complexity index is 471. The van der Waals surface area contributed by atoms with Crippen molar-refractivity contribution in [2.24, 2.45) is 0 Å². The Hall–Kier alpha value is -1.59. The molecule has 0 bridgehead atoms. The number of hydrogen-bond donors (Lipinski definition) is 1. The molecule has 0 aliphatic carbocycles. The van der Waals surface area contributed by atoms with E-state index in [1.54, 1.807) is 14.0 Å². The molecule has 1 saturated heterocycles. The summed E-state index contributed by atoms with van der Waals surface area (Å²) in [5.74, 6) is -0.0847. The molecule has 1 aromatic carbocycles. The van der Waals surface area contributed by atoms with Gasteiger partial charge < -0.3 is 14.6 Å². The molecule has 1 N–H and O–H groups in total. The number of rotatable bonds is 5. The molecule has 110 valence electrons. The van der Waals surface area contributed by atoms with Crippen LogP contribution in [0, 0.1) is 0 Å². The molecule has 0 spiro atoms. The third-order valence-corrected chi connectivity index (χ3v) is 3.90. The number of para-hydroxylation sites is 1. The lowest BCUT2D eigenvalue weighted by atomic mass is 9.90. The third-order valence-electron chi connectivity index (χ3n) is 3.90. The Morgan fingerprint density at radius 3 is 2.65 bits per heavy atom. The van der Waals surface area contributed by atoms with Crippen molar-refractivity contribution >= 4 is 5.97 Å². The third kappa shape index (κ3) is 2.94. The quantitative estimate of drug-likeness (QED) is 0.883. The lowest BCUT2D eigenvalue weighted by molar-refractivity contribution is -0.153. The SMILES string of the molecule is COc1ccccc1CC(C)(C(=O)O)N1CCOCC1. The highest BCUT2D eigenvalue weighted by molar-refractivity contribution is 5.79. The van der Waals surface area contributed by atoms with Crippen molar-refractivity contribution in [3.63, 3.8) is 0 Å². The summed E-state index contributed by atoms with van der Waals surface area (Å²) < 4.78 is 10.6. The van der Waals surface area contributed by atoms with Crippen molar-refractivity contribution in [3.05, 3.63) is 29.8 Å². The number of carboxylic acids is 1. The number of methoxy groups -OCH3 is 1. The number of carboxylic acid groups (broad SMARTS) is 1. The Kier molecular flexibility index (Phi) is 4.62. The highest BCUT2D eigenvalue weighted by Gasteiger charge is 2.40. The summed E-state index contributed by atoms with van der Waals surface area (Å²) in [6.07, 6.45) is 0.409. The number of morpholine rings is 1. The van der Waals surface area contributed by atoms with Crippen LogP contribution in [0.2, 0.25) is 0 Å². The first-order valence-electron chi connectivity index (χ1n) is 6.76. The van der Waals surface area contributed by atoms with Crippen LogP contribution in [0.5, 0.6) is 5.75 Å². The highest BCUT2D eigenvalue weighted by atomic mass is 16.5. The Morgan fingerprint density at radius 1 is 1.40 bits per heavy atom. The summed E-state index contributed by atoms with van der Waals surface area (Å²) in [5, 5.41) is 9.69. The van der Waals surface area contributed by atoms with E-state index in [1.165, 1.54) is 0 Å². The molecule has 0 aromatic heterocycles. The molecule has 1 aliphatic rings. The normalized spacial score (nSPS) is 19.3. The van der Waals surface area contributed by atoms with Gasteiger partial charge in [-0.15, -0.1) is 0 Å². The molecule has 1 aromatic rings. The van der Waals surface area contributed by atoms with E-state index < -0.39 is 11.5 Å². The van der Waals surface area contributed by atoms with Gasteiger partial charge in [0.15, 0.2) is 0 Å². The van der Waals surface area contributed by atoms with Crippen molar-refractivity contribution in [1.29, 1.82) is 0 Å². The second kappa shape index (κ2) is 6.24. The maximum absolute atomic E-state index is 11.8. The van der Waals surface area contributed by atoms with Crippen LogP contribution in [0.25, 0.3) is 0 Å². The second-order valence-corrected chi connectivity index (χ2v) is 5.17. The number of hydrogen-bond acceptors (Lipinski definition) is 4. The van der Waals surface area contributed by atoms with Gasteiger partial charge in [-0.25, -0.2) is 0 Å². The summed E-state index contributed by atoms with van der Waals surface area (Å²) in [7, 11) is 1.60. The summed E-state index contributed by atoms with van der Waals surface area (Å²) in [6.45, 7) is 4.20. The molecule has 1 heterocycles. The van der Waals surface area contributed by atoms with Crippen molar-refractivity contribution in [2.45, 2.75) is 18.9 Å². The number of benzene rings is 1. The summed E-state index contributed by atoms with van der Waals surface area (Å²) in [6, 6.07) is 7.56. The van der Waals surface area contributed by atoms with Gasteiger partial charge in [0.2, 0.25) is 0 Å². The van der Waals surface area contributed by atoms with Crippen LogP contribution in [0.1, 0.15) is 12.5 Å². The smallest absolute Gasteiger partial charge is 0.324 e. The van der Waals surface area contributed by atoms with Gasteiger partial charge in [0.05, 0.1) is 20.3 Å². The van der Waals surface area contributed by atoms with Gasteiger partial charge >= 0.3 is 5.97 Å². The fourth-order valence-corrected chi connectivity index (χ4v) is 2.60. The topological polar surface area (TPSA) is 59.0 Å². The van der Waals surface area contributed by atoms with Crippen LogP contribution in [0.3, 0.4) is 0 Å². The first kappa shape index (κ1) is 14.8. The summed E-state index contributed by atoms with van der Waals surface area (Å²) >= 11 is 0. The van der Waals surface area contributed by atoms with Gasteiger partial charge in [-0.1, -0.05) is 18.2 Å². The molecular weight excluding hydrogens is 258 g/mol. The zero-order chi connectivity index (χ0) is 14.6. The van der Waals surface area contributed by atoms with Crippen LogP contribution < -0.4 is 4.74 Å². The second-order valence-electron chi connectivity index (χ2n) is 5.17. The minimum atomic E-state index is -0.946. The van der Waals surface area contributed by atoms with Crippen LogP contribution in [0.4, 0.5) is 0 Å².